The Morgan fingerprint density at radius 3 is 2.64 bits per heavy atom. The largest absolute Gasteiger partial charge is 0.385 e. The summed E-state index contributed by atoms with van der Waals surface area (Å²) < 4.78 is 13.5. The normalized spacial score (nSPS) is 10.0. The molecule has 0 aromatic heterocycles. The van der Waals surface area contributed by atoms with Crippen LogP contribution in [0.5, 0.6) is 0 Å². The van der Waals surface area contributed by atoms with Crippen molar-refractivity contribution in [1.82, 2.24) is 0 Å². The maximum absolute atomic E-state index is 13.5. The molecular weight excluding hydrogens is 179 g/mol. The molecule has 0 amide bonds. The van der Waals surface area contributed by atoms with Gasteiger partial charge in [-0.3, -0.25) is 0 Å². The van der Waals surface area contributed by atoms with Gasteiger partial charge in [0.1, 0.15) is 5.82 Å². The van der Waals surface area contributed by atoms with Crippen molar-refractivity contribution in [3.63, 3.8) is 0 Å². The van der Waals surface area contributed by atoms with Gasteiger partial charge in [-0.1, -0.05) is 0 Å². The van der Waals surface area contributed by atoms with Crippen LogP contribution >= 0.6 is 0 Å². The van der Waals surface area contributed by atoms with E-state index < -0.39 is 0 Å². The number of benzene rings is 1. The van der Waals surface area contributed by atoms with Gasteiger partial charge in [-0.2, -0.15) is 0 Å². The molecule has 0 aliphatic carbocycles. The minimum atomic E-state index is -0.326. The molecule has 0 radical (unpaired) electrons. The van der Waals surface area contributed by atoms with Crippen molar-refractivity contribution >= 4 is 11.4 Å². The molecule has 2 nitrogen and oxygen atoms in total. The van der Waals surface area contributed by atoms with E-state index in [1.165, 1.54) is 6.07 Å². The molecule has 2 N–H and O–H groups in total. The van der Waals surface area contributed by atoms with E-state index in [2.05, 4.69) is 5.32 Å². The Balaban J connectivity index is 3.28. The average molecular weight is 194 g/mol. The number of anilines is 1. The molecule has 1 rings (SSSR count). The highest BCUT2D eigenvalue weighted by Crippen LogP contribution is 2.21. The zero-order chi connectivity index (χ0) is 10.7. The minimum absolute atomic E-state index is 0.249. The Hall–Kier alpha value is -1.38. The lowest BCUT2D eigenvalue weighted by Gasteiger charge is -2.11. The van der Waals surface area contributed by atoms with E-state index in [1.54, 1.807) is 6.92 Å². The number of hydrogen-bond acceptors (Lipinski definition) is 2. The van der Waals surface area contributed by atoms with Gasteiger partial charge in [-0.15, -0.1) is 0 Å². The summed E-state index contributed by atoms with van der Waals surface area (Å²) in [4.78, 5) is 0. The quantitative estimate of drug-likeness (QED) is 0.713. The van der Waals surface area contributed by atoms with Gasteiger partial charge in [0.2, 0.25) is 0 Å². The fraction of sp³-hybridized carbons (Fsp3) is 0.364. The molecule has 0 atom stereocenters. The molecule has 1 aromatic carbocycles. The predicted octanol–water partition coefficient (Wildman–Crippen LogP) is 2.95. The molecule has 0 aliphatic heterocycles. The maximum Gasteiger partial charge on any atom is 0.134 e. The van der Waals surface area contributed by atoms with Gasteiger partial charge in [0, 0.05) is 17.9 Å². The number of hydrogen-bond donors (Lipinski definition) is 2. The van der Waals surface area contributed by atoms with Crippen molar-refractivity contribution in [3.05, 3.63) is 29.1 Å². The van der Waals surface area contributed by atoms with E-state index in [0.29, 0.717) is 11.3 Å². The third-order valence-corrected chi connectivity index (χ3v) is 1.98. The third kappa shape index (κ3) is 2.10. The first kappa shape index (κ1) is 10.7. The van der Waals surface area contributed by atoms with Crippen LogP contribution in [-0.4, -0.2) is 12.3 Å². The summed E-state index contributed by atoms with van der Waals surface area (Å²) >= 11 is 0. The highest BCUT2D eigenvalue weighted by atomic mass is 19.1. The molecule has 3 heteroatoms. The Bertz CT molecular complexity index is 359. The summed E-state index contributed by atoms with van der Waals surface area (Å²) in [6, 6.07) is 3.31. The van der Waals surface area contributed by atoms with E-state index in [0.717, 1.165) is 12.1 Å². The lowest BCUT2D eigenvalue weighted by atomic mass is 10.1. The van der Waals surface area contributed by atoms with Gasteiger partial charge in [-0.05, 0) is 38.5 Å². The predicted molar refractivity (Wildman–Crippen MR) is 57.8 cm³/mol. The zero-order valence-corrected chi connectivity index (χ0v) is 8.74. The first-order valence-corrected chi connectivity index (χ1v) is 4.65. The summed E-state index contributed by atoms with van der Waals surface area (Å²) in [5.74, 6) is -0.326. The van der Waals surface area contributed by atoms with Gasteiger partial charge < -0.3 is 10.7 Å². The third-order valence-electron chi connectivity index (χ3n) is 1.98. The topological polar surface area (TPSA) is 35.9 Å². The van der Waals surface area contributed by atoms with E-state index in [-0.39, 0.29) is 11.5 Å². The highest BCUT2D eigenvalue weighted by Gasteiger charge is 2.10. The van der Waals surface area contributed by atoms with Gasteiger partial charge in [-0.25, -0.2) is 4.39 Å². The highest BCUT2D eigenvalue weighted by molar-refractivity contribution is 6.01. The first-order chi connectivity index (χ1) is 6.56. The minimum Gasteiger partial charge on any atom is -0.385 e. The SMILES string of the molecule is CCNc1cc(C)cc(F)c1C(C)=N. The van der Waals surface area contributed by atoms with Crippen LogP contribution in [0.3, 0.4) is 0 Å². The van der Waals surface area contributed by atoms with Gasteiger partial charge in [0.25, 0.3) is 0 Å². The lowest BCUT2D eigenvalue weighted by Crippen LogP contribution is -2.07. The smallest absolute Gasteiger partial charge is 0.134 e. The molecule has 0 aliphatic rings. The second-order valence-electron chi connectivity index (χ2n) is 3.32. The summed E-state index contributed by atoms with van der Waals surface area (Å²) in [6.45, 7) is 6.11. The fourth-order valence-corrected chi connectivity index (χ4v) is 1.45. The Labute approximate surface area is 83.7 Å². The molecule has 14 heavy (non-hydrogen) atoms. The number of nitrogens with one attached hydrogen (secondary N) is 2. The van der Waals surface area contributed by atoms with Gasteiger partial charge in [0.15, 0.2) is 0 Å². The average Bonchev–Trinajstić information content (AvgIpc) is 2.01. The first-order valence-electron chi connectivity index (χ1n) is 4.65. The number of rotatable bonds is 3. The summed E-state index contributed by atoms with van der Waals surface area (Å²) in [5.41, 5.74) is 2.19. The molecule has 0 spiro atoms. The monoisotopic (exact) mass is 194 g/mol. The Kier molecular flexibility index (Phi) is 3.23. The molecule has 0 unspecified atom stereocenters. The summed E-state index contributed by atoms with van der Waals surface area (Å²) in [5, 5.41) is 10.5. The number of halogens is 1. The van der Waals surface area contributed by atoms with Crippen molar-refractivity contribution in [3.8, 4) is 0 Å². The van der Waals surface area contributed by atoms with Crippen molar-refractivity contribution in [2.45, 2.75) is 20.8 Å². The van der Waals surface area contributed by atoms with Gasteiger partial charge >= 0.3 is 0 Å². The van der Waals surface area contributed by atoms with Crippen LogP contribution in [0.4, 0.5) is 10.1 Å². The van der Waals surface area contributed by atoms with Crippen LogP contribution in [-0.2, 0) is 0 Å². The number of aryl methyl sites for hydroxylation is 1. The molecule has 1 aromatic rings. The van der Waals surface area contributed by atoms with E-state index in [1.807, 2.05) is 19.9 Å². The van der Waals surface area contributed by atoms with Crippen molar-refractivity contribution in [2.75, 3.05) is 11.9 Å². The molecular formula is C11H15FN2. The Morgan fingerprint density at radius 1 is 1.50 bits per heavy atom. The van der Waals surface area contributed by atoms with Crippen LogP contribution in [0.1, 0.15) is 25.0 Å². The molecule has 76 valence electrons. The fourth-order valence-electron chi connectivity index (χ4n) is 1.45. The lowest BCUT2D eigenvalue weighted by molar-refractivity contribution is 0.624. The van der Waals surface area contributed by atoms with Crippen molar-refractivity contribution in [2.24, 2.45) is 0 Å². The summed E-state index contributed by atoms with van der Waals surface area (Å²) in [6.07, 6.45) is 0. The second kappa shape index (κ2) is 4.22. The van der Waals surface area contributed by atoms with E-state index >= 15 is 0 Å². The van der Waals surface area contributed by atoms with Gasteiger partial charge in [0.05, 0.1) is 5.56 Å². The molecule has 0 saturated carbocycles. The van der Waals surface area contributed by atoms with Crippen LogP contribution in [0.15, 0.2) is 12.1 Å². The van der Waals surface area contributed by atoms with Crippen LogP contribution < -0.4 is 5.32 Å². The molecule has 0 heterocycles. The second-order valence-corrected chi connectivity index (χ2v) is 3.32. The maximum atomic E-state index is 13.5. The Morgan fingerprint density at radius 2 is 2.14 bits per heavy atom. The molecule has 0 saturated heterocycles. The zero-order valence-electron chi connectivity index (χ0n) is 8.74. The molecule has 0 fully saturated rings. The van der Waals surface area contributed by atoms with Crippen LogP contribution in [0.25, 0.3) is 0 Å². The van der Waals surface area contributed by atoms with Crippen molar-refractivity contribution in [1.29, 1.82) is 5.41 Å². The van der Waals surface area contributed by atoms with Crippen LogP contribution in [0.2, 0.25) is 0 Å². The van der Waals surface area contributed by atoms with Crippen LogP contribution in [0, 0.1) is 18.2 Å². The van der Waals surface area contributed by atoms with E-state index in [4.69, 9.17) is 5.41 Å². The molecule has 0 bridgehead atoms. The summed E-state index contributed by atoms with van der Waals surface area (Å²) in [7, 11) is 0. The standard InChI is InChI=1S/C11H15FN2/c1-4-14-10-6-7(2)5-9(12)11(10)8(3)13/h5-6,13-14H,4H2,1-3H3. The van der Waals surface area contributed by atoms with E-state index in [9.17, 15) is 4.39 Å². The van der Waals surface area contributed by atoms with Crippen molar-refractivity contribution < 1.29 is 4.39 Å².